The first-order chi connectivity index (χ1) is 4.59. The fraction of sp³-hybridized carbons (Fsp3) is 0.833. The van der Waals surface area contributed by atoms with Crippen molar-refractivity contribution >= 4 is 21.9 Å². The molecule has 0 aromatic heterocycles. The van der Waals surface area contributed by atoms with Gasteiger partial charge in [0.25, 0.3) is 0 Å². The predicted molar refractivity (Wildman–Crippen MR) is 41.3 cm³/mol. The minimum atomic E-state index is -1.01. The number of hydrogen-bond donors (Lipinski definition) is 2. The normalized spacial score (nSPS) is 16.3. The van der Waals surface area contributed by atoms with Crippen LogP contribution in [0.2, 0.25) is 0 Å². The van der Waals surface area contributed by atoms with Crippen LogP contribution >= 0.6 is 15.9 Å². The molecule has 0 rings (SSSR count). The third-order valence-corrected chi connectivity index (χ3v) is 2.16. The lowest BCUT2D eigenvalue weighted by Crippen LogP contribution is -2.27. The number of rotatable bonds is 4. The second-order valence-electron chi connectivity index (χ2n) is 2.10. The Morgan fingerprint density at radius 3 is 2.50 bits per heavy atom. The largest absolute Gasteiger partial charge is 0.480 e. The van der Waals surface area contributed by atoms with Crippen LogP contribution in [0.25, 0.3) is 0 Å². The Morgan fingerprint density at radius 2 is 2.20 bits per heavy atom. The van der Waals surface area contributed by atoms with Gasteiger partial charge in [0.15, 0.2) is 0 Å². The van der Waals surface area contributed by atoms with E-state index in [1.165, 1.54) is 0 Å². The molecule has 0 saturated carbocycles. The first-order valence-corrected chi connectivity index (χ1v) is 4.06. The summed E-state index contributed by atoms with van der Waals surface area (Å²) in [7, 11) is 0. The summed E-state index contributed by atoms with van der Waals surface area (Å²) in [5.74, 6) is -1.01. The molecule has 10 heavy (non-hydrogen) atoms. The number of aliphatic hydroxyl groups is 1. The first-order valence-electron chi connectivity index (χ1n) is 3.14. The van der Waals surface area contributed by atoms with Crippen molar-refractivity contribution in [3.63, 3.8) is 0 Å². The Labute approximate surface area is 68.2 Å². The molecule has 0 bridgehead atoms. The van der Waals surface area contributed by atoms with E-state index in [9.17, 15) is 4.79 Å². The zero-order valence-corrected chi connectivity index (χ0v) is 7.34. The SMILES string of the molecule is CCC[C@H](O)[C@@H](Br)C(=O)O. The van der Waals surface area contributed by atoms with Gasteiger partial charge in [0.1, 0.15) is 4.83 Å². The van der Waals surface area contributed by atoms with Crippen molar-refractivity contribution in [1.29, 1.82) is 0 Å². The van der Waals surface area contributed by atoms with E-state index in [1.54, 1.807) is 0 Å². The van der Waals surface area contributed by atoms with Crippen LogP contribution in [0, 0.1) is 0 Å². The smallest absolute Gasteiger partial charge is 0.319 e. The zero-order chi connectivity index (χ0) is 8.15. The van der Waals surface area contributed by atoms with Gasteiger partial charge in [-0.05, 0) is 6.42 Å². The van der Waals surface area contributed by atoms with Gasteiger partial charge in [-0.3, -0.25) is 4.79 Å². The summed E-state index contributed by atoms with van der Waals surface area (Å²) in [6.45, 7) is 1.89. The van der Waals surface area contributed by atoms with E-state index >= 15 is 0 Å². The van der Waals surface area contributed by atoms with Gasteiger partial charge in [-0.25, -0.2) is 0 Å². The van der Waals surface area contributed by atoms with Crippen LogP contribution < -0.4 is 0 Å². The van der Waals surface area contributed by atoms with Crippen LogP contribution in [0.1, 0.15) is 19.8 Å². The Hall–Kier alpha value is -0.0900. The number of carbonyl (C=O) groups is 1. The van der Waals surface area contributed by atoms with E-state index in [-0.39, 0.29) is 0 Å². The monoisotopic (exact) mass is 210 g/mol. The van der Waals surface area contributed by atoms with Crippen molar-refractivity contribution in [1.82, 2.24) is 0 Å². The molecule has 0 spiro atoms. The molecule has 0 aromatic rings. The maximum atomic E-state index is 10.2. The van der Waals surface area contributed by atoms with Crippen molar-refractivity contribution < 1.29 is 15.0 Å². The molecule has 4 heteroatoms. The standard InChI is InChI=1S/C6H11BrO3/c1-2-3-4(8)5(7)6(9)10/h4-5,8H,2-3H2,1H3,(H,9,10)/t4-,5+/m0/s1. The summed E-state index contributed by atoms with van der Waals surface area (Å²) >= 11 is 2.86. The van der Waals surface area contributed by atoms with E-state index in [4.69, 9.17) is 10.2 Å². The molecule has 0 heterocycles. The zero-order valence-electron chi connectivity index (χ0n) is 5.75. The molecular weight excluding hydrogens is 200 g/mol. The van der Waals surface area contributed by atoms with Gasteiger partial charge >= 0.3 is 5.97 Å². The molecule has 2 N–H and O–H groups in total. The molecule has 0 aliphatic heterocycles. The first kappa shape index (κ1) is 9.91. The van der Waals surface area contributed by atoms with Gasteiger partial charge in [-0.15, -0.1) is 0 Å². The highest BCUT2D eigenvalue weighted by atomic mass is 79.9. The van der Waals surface area contributed by atoms with Crippen LogP contribution in [-0.4, -0.2) is 27.1 Å². The van der Waals surface area contributed by atoms with E-state index in [0.29, 0.717) is 6.42 Å². The Morgan fingerprint density at radius 1 is 1.70 bits per heavy atom. The summed E-state index contributed by atoms with van der Waals surface area (Å²) in [5.41, 5.74) is 0. The summed E-state index contributed by atoms with van der Waals surface area (Å²) in [6, 6.07) is 0. The number of carboxylic acid groups (broad SMARTS) is 1. The topological polar surface area (TPSA) is 57.5 Å². The molecule has 0 fully saturated rings. The molecule has 60 valence electrons. The number of halogens is 1. The van der Waals surface area contributed by atoms with Crippen molar-refractivity contribution in [2.75, 3.05) is 0 Å². The fourth-order valence-electron chi connectivity index (χ4n) is 0.607. The quantitative estimate of drug-likeness (QED) is 0.682. The molecule has 0 aromatic carbocycles. The van der Waals surface area contributed by atoms with Gasteiger partial charge in [0.2, 0.25) is 0 Å². The number of hydrogen-bond acceptors (Lipinski definition) is 2. The molecule has 0 radical (unpaired) electrons. The van der Waals surface area contributed by atoms with Gasteiger partial charge < -0.3 is 10.2 Å². The van der Waals surface area contributed by atoms with Gasteiger partial charge in [-0.1, -0.05) is 29.3 Å². The highest BCUT2D eigenvalue weighted by molar-refractivity contribution is 9.10. The summed E-state index contributed by atoms with van der Waals surface area (Å²) in [5, 5.41) is 17.4. The van der Waals surface area contributed by atoms with Crippen molar-refractivity contribution in [2.45, 2.75) is 30.7 Å². The van der Waals surface area contributed by atoms with Gasteiger partial charge in [0, 0.05) is 0 Å². The fourth-order valence-corrected chi connectivity index (χ4v) is 0.871. The third-order valence-electron chi connectivity index (χ3n) is 1.16. The van der Waals surface area contributed by atoms with E-state index < -0.39 is 16.9 Å². The molecule has 2 atom stereocenters. The number of alkyl halides is 1. The van der Waals surface area contributed by atoms with Crippen molar-refractivity contribution in [3.05, 3.63) is 0 Å². The molecule has 0 amide bonds. The summed E-state index contributed by atoms with van der Waals surface area (Å²) < 4.78 is 0. The van der Waals surface area contributed by atoms with Crippen LogP contribution in [0.3, 0.4) is 0 Å². The second-order valence-corrected chi connectivity index (χ2v) is 3.08. The minimum absolute atomic E-state index is 0.516. The Kier molecular flexibility index (Phi) is 4.64. The highest BCUT2D eigenvalue weighted by Crippen LogP contribution is 2.10. The van der Waals surface area contributed by atoms with E-state index in [0.717, 1.165) is 6.42 Å². The van der Waals surface area contributed by atoms with Crippen LogP contribution in [0.5, 0.6) is 0 Å². The molecular formula is C6H11BrO3. The number of aliphatic hydroxyl groups excluding tert-OH is 1. The molecule has 0 aliphatic carbocycles. The average Bonchev–Trinajstić information content (AvgIpc) is 1.87. The Balaban J connectivity index is 3.69. The van der Waals surface area contributed by atoms with E-state index in [2.05, 4.69) is 15.9 Å². The lowest BCUT2D eigenvalue weighted by atomic mass is 10.1. The van der Waals surface area contributed by atoms with Crippen LogP contribution in [0.15, 0.2) is 0 Å². The predicted octanol–water partition coefficient (Wildman–Crippen LogP) is 0.996. The van der Waals surface area contributed by atoms with E-state index in [1.807, 2.05) is 6.92 Å². The third kappa shape index (κ3) is 3.17. The molecule has 0 unspecified atom stereocenters. The summed E-state index contributed by atoms with van der Waals surface area (Å²) in [4.78, 5) is 9.38. The summed E-state index contributed by atoms with van der Waals surface area (Å²) in [6.07, 6.45) is 0.529. The van der Waals surface area contributed by atoms with Gasteiger partial charge in [-0.2, -0.15) is 0 Å². The van der Waals surface area contributed by atoms with Crippen molar-refractivity contribution in [2.24, 2.45) is 0 Å². The highest BCUT2D eigenvalue weighted by Gasteiger charge is 2.21. The maximum absolute atomic E-state index is 10.2. The Bertz CT molecular complexity index is 116. The lowest BCUT2D eigenvalue weighted by Gasteiger charge is -2.11. The molecule has 0 aliphatic rings. The average molecular weight is 211 g/mol. The van der Waals surface area contributed by atoms with Crippen molar-refractivity contribution in [3.8, 4) is 0 Å². The number of carboxylic acids is 1. The molecule has 0 saturated heterocycles. The van der Waals surface area contributed by atoms with Gasteiger partial charge in [0.05, 0.1) is 6.10 Å². The minimum Gasteiger partial charge on any atom is -0.480 e. The van der Waals surface area contributed by atoms with Crippen LogP contribution in [-0.2, 0) is 4.79 Å². The number of aliphatic carboxylic acids is 1. The van der Waals surface area contributed by atoms with Crippen LogP contribution in [0.4, 0.5) is 0 Å². The second kappa shape index (κ2) is 4.68. The lowest BCUT2D eigenvalue weighted by molar-refractivity contribution is -0.138. The molecule has 3 nitrogen and oxygen atoms in total. The maximum Gasteiger partial charge on any atom is 0.319 e.